The molecule has 2 aliphatic rings. The number of imidazole rings is 1. The zero-order chi connectivity index (χ0) is 24.1. The normalized spacial score (nSPS) is 20.7. The van der Waals surface area contributed by atoms with Crippen LogP contribution in [0.2, 0.25) is 0 Å². The summed E-state index contributed by atoms with van der Waals surface area (Å²) in [5.41, 5.74) is 2.57. The lowest BCUT2D eigenvalue weighted by molar-refractivity contribution is -0.165. The second-order valence-corrected chi connectivity index (χ2v) is 9.56. The Morgan fingerprint density at radius 3 is 2.69 bits per heavy atom. The number of carbonyl (C=O) groups is 2. The number of hydrogen-bond donors (Lipinski definition) is 0. The maximum atomic E-state index is 13.5. The molecule has 0 unspecified atom stereocenters. The fourth-order valence-corrected chi connectivity index (χ4v) is 5.19. The van der Waals surface area contributed by atoms with Gasteiger partial charge in [0.2, 0.25) is 5.91 Å². The summed E-state index contributed by atoms with van der Waals surface area (Å²) in [6.45, 7) is 3.34. The number of ether oxygens (including phenoxy) is 1. The van der Waals surface area contributed by atoms with Crippen LogP contribution in [0.5, 0.6) is 0 Å². The van der Waals surface area contributed by atoms with Gasteiger partial charge in [0, 0.05) is 50.7 Å². The highest BCUT2D eigenvalue weighted by Crippen LogP contribution is 2.31. The number of nitrogens with zero attached hydrogens (tertiary/aromatic N) is 4. The van der Waals surface area contributed by atoms with Crippen LogP contribution >= 0.6 is 0 Å². The minimum Gasteiger partial charge on any atom is -0.363 e. The maximum Gasteiger partial charge on any atom is 0.254 e. The zero-order valence-electron chi connectivity index (χ0n) is 20.0. The quantitative estimate of drug-likeness (QED) is 0.552. The number of likely N-dealkylation sites (tertiary alicyclic amines) is 1. The maximum absolute atomic E-state index is 13.5. The summed E-state index contributed by atoms with van der Waals surface area (Å²) >= 11 is 0. The highest BCUT2D eigenvalue weighted by Gasteiger charge is 2.41. The largest absolute Gasteiger partial charge is 0.363 e. The van der Waals surface area contributed by atoms with Gasteiger partial charge in [-0.15, -0.1) is 0 Å². The SMILES string of the molecule is O=C1CO[C@]2(CCCN(C(=O)c3ccccc3Cn3ccnc3)CC2)CN1CCc1ccccc1. The van der Waals surface area contributed by atoms with Crippen molar-refractivity contribution in [1.29, 1.82) is 0 Å². The summed E-state index contributed by atoms with van der Waals surface area (Å²) in [7, 11) is 0. The number of amides is 2. The van der Waals surface area contributed by atoms with E-state index >= 15 is 0 Å². The molecule has 0 N–H and O–H groups in total. The first-order chi connectivity index (χ1) is 17.1. The van der Waals surface area contributed by atoms with Crippen LogP contribution in [-0.2, 0) is 22.5 Å². The van der Waals surface area contributed by atoms with E-state index in [0.717, 1.165) is 36.8 Å². The highest BCUT2D eigenvalue weighted by atomic mass is 16.5. The number of aromatic nitrogens is 2. The molecular weight excluding hydrogens is 440 g/mol. The fourth-order valence-electron chi connectivity index (χ4n) is 5.19. The number of hydrogen-bond acceptors (Lipinski definition) is 4. The van der Waals surface area contributed by atoms with E-state index in [1.54, 1.807) is 12.5 Å². The average molecular weight is 473 g/mol. The van der Waals surface area contributed by atoms with Crippen molar-refractivity contribution in [3.63, 3.8) is 0 Å². The molecule has 5 rings (SSSR count). The van der Waals surface area contributed by atoms with E-state index in [1.807, 2.05) is 63.0 Å². The molecular formula is C28H32N4O3. The third-order valence-corrected chi connectivity index (χ3v) is 7.19. The molecule has 1 spiro atoms. The van der Waals surface area contributed by atoms with Crippen molar-refractivity contribution in [2.24, 2.45) is 0 Å². The third-order valence-electron chi connectivity index (χ3n) is 7.19. The standard InChI is InChI=1S/C28H32N4O3/c33-26-20-35-28(21-32(26)16-11-23-7-2-1-3-8-23)12-6-15-31(17-13-28)27(34)25-10-5-4-9-24(25)19-30-18-14-29-22-30/h1-5,7-10,14,18,22H,6,11-13,15-17,19-21H2/t28-/m0/s1. The molecule has 3 aromatic rings. The highest BCUT2D eigenvalue weighted by molar-refractivity contribution is 5.95. The van der Waals surface area contributed by atoms with Crippen LogP contribution in [0.4, 0.5) is 0 Å². The van der Waals surface area contributed by atoms with Crippen molar-refractivity contribution in [2.45, 2.75) is 37.8 Å². The molecule has 2 aromatic carbocycles. The lowest BCUT2D eigenvalue weighted by atomic mass is 9.92. The number of rotatable bonds is 6. The van der Waals surface area contributed by atoms with E-state index in [2.05, 4.69) is 17.1 Å². The smallest absolute Gasteiger partial charge is 0.254 e. The van der Waals surface area contributed by atoms with E-state index in [-0.39, 0.29) is 24.0 Å². The van der Waals surface area contributed by atoms with Crippen LogP contribution in [0.15, 0.2) is 73.3 Å². The second-order valence-electron chi connectivity index (χ2n) is 9.56. The molecule has 2 aliphatic heterocycles. The van der Waals surface area contributed by atoms with Crippen LogP contribution < -0.4 is 0 Å². The molecule has 2 fully saturated rings. The van der Waals surface area contributed by atoms with Gasteiger partial charge in [-0.3, -0.25) is 9.59 Å². The Morgan fingerprint density at radius 2 is 1.86 bits per heavy atom. The molecule has 7 heteroatoms. The molecule has 7 nitrogen and oxygen atoms in total. The molecule has 182 valence electrons. The minimum atomic E-state index is -0.379. The molecule has 0 radical (unpaired) electrons. The van der Waals surface area contributed by atoms with E-state index in [1.165, 1.54) is 5.56 Å². The van der Waals surface area contributed by atoms with E-state index in [4.69, 9.17) is 4.74 Å². The lowest BCUT2D eigenvalue weighted by Gasteiger charge is -2.42. The van der Waals surface area contributed by atoms with Gasteiger partial charge in [0.25, 0.3) is 5.91 Å². The topological polar surface area (TPSA) is 67.7 Å². The van der Waals surface area contributed by atoms with Crippen molar-refractivity contribution >= 4 is 11.8 Å². The van der Waals surface area contributed by atoms with Crippen LogP contribution in [0, 0.1) is 0 Å². The summed E-state index contributed by atoms with van der Waals surface area (Å²) in [5.74, 6) is 0.114. The van der Waals surface area contributed by atoms with Gasteiger partial charge >= 0.3 is 0 Å². The first-order valence-corrected chi connectivity index (χ1v) is 12.4. The summed E-state index contributed by atoms with van der Waals surface area (Å²) in [4.78, 5) is 34.1. The van der Waals surface area contributed by atoms with E-state index < -0.39 is 0 Å². The van der Waals surface area contributed by atoms with E-state index in [9.17, 15) is 9.59 Å². The van der Waals surface area contributed by atoms with Crippen molar-refractivity contribution in [2.75, 3.05) is 32.8 Å². The Labute approximate surface area is 206 Å². The van der Waals surface area contributed by atoms with Crippen molar-refractivity contribution in [3.8, 4) is 0 Å². The Balaban J connectivity index is 1.24. The summed E-state index contributed by atoms with van der Waals surface area (Å²) in [5, 5.41) is 0. The van der Waals surface area contributed by atoms with Crippen LogP contribution in [-0.4, -0.2) is 69.6 Å². The molecule has 1 aromatic heterocycles. The molecule has 1 atom stereocenters. The Hall–Kier alpha value is -3.45. The Morgan fingerprint density at radius 1 is 1.03 bits per heavy atom. The number of carbonyl (C=O) groups excluding carboxylic acids is 2. The Bertz CT molecular complexity index is 1150. The van der Waals surface area contributed by atoms with Gasteiger partial charge in [0.15, 0.2) is 0 Å². The van der Waals surface area contributed by atoms with Gasteiger partial charge in [0.05, 0.1) is 11.9 Å². The molecule has 0 aliphatic carbocycles. The van der Waals surface area contributed by atoms with Gasteiger partial charge in [0.1, 0.15) is 6.61 Å². The van der Waals surface area contributed by atoms with Crippen molar-refractivity contribution in [1.82, 2.24) is 19.4 Å². The number of morpholine rings is 1. The predicted molar refractivity (Wildman–Crippen MR) is 133 cm³/mol. The van der Waals surface area contributed by atoms with Crippen LogP contribution in [0.3, 0.4) is 0 Å². The fraction of sp³-hybridized carbons (Fsp3) is 0.393. The summed E-state index contributed by atoms with van der Waals surface area (Å²) in [6.07, 6.45) is 8.69. The average Bonchev–Trinajstić information content (AvgIpc) is 3.32. The molecule has 2 saturated heterocycles. The first kappa shape index (κ1) is 23.3. The van der Waals surface area contributed by atoms with Gasteiger partial charge < -0.3 is 19.1 Å². The van der Waals surface area contributed by atoms with Crippen molar-refractivity contribution in [3.05, 3.63) is 90.0 Å². The Kier molecular flexibility index (Phi) is 6.95. The second kappa shape index (κ2) is 10.4. The summed E-state index contributed by atoms with van der Waals surface area (Å²) < 4.78 is 8.14. The number of benzene rings is 2. The summed E-state index contributed by atoms with van der Waals surface area (Å²) in [6, 6.07) is 18.1. The molecule has 2 amide bonds. The molecule has 3 heterocycles. The molecule has 0 bridgehead atoms. The van der Waals surface area contributed by atoms with Crippen molar-refractivity contribution < 1.29 is 14.3 Å². The third kappa shape index (κ3) is 5.46. The lowest BCUT2D eigenvalue weighted by Crippen LogP contribution is -2.55. The first-order valence-electron chi connectivity index (χ1n) is 12.4. The van der Waals surface area contributed by atoms with Gasteiger partial charge in [-0.1, -0.05) is 48.5 Å². The minimum absolute atomic E-state index is 0.0529. The monoisotopic (exact) mass is 472 g/mol. The predicted octanol–water partition coefficient (Wildman–Crippen LogP) is 3.40. The van der Waals surface area contributed by atoms with Gasteiger partial charge in [-0.2, -0.15) is 0 Å². The van der Waals surface area contributed by atoms with Gasteiger partial charge in [-0.25, -0.2) is 4.98 Å². The van der Waals surface area contributed by atoms with E-state index in [0.29, 0.717) is 32.7 Å². The van der Waals surface area contributed by atoms with Gasteiger partial charge in [-0.05, 0) is 42.9 Å². The molecule has 0 saturated carbocycles. The van der Waals surface area contributed by atoms with Crippen LogP contribution in [0.1, 0.15) is 40.7 Å². The van der Waals surface area contributed by atoms with Crippen LogP contribution in [0.25, 0.3) is 0 Å². The molecule has 35 heavy (non-hydrogen) atoms. The zero-order valence-corrected chi connectivity index (χ0v) is 20.0.